The van der Waals surface area contributed by atoms with Crippen LogP contribution in [-0.2, 0) is 4.79 Å². The van der Waals surface area contributed by atoms with Crippen molar-refractivity contribution in [3.05, 3.63) is 28.8 Å². The molecule has 72 valence electrons. The maximum atomic E-state index is 10.2. The summed E-state index contributed by atoms with van der Waals surface area (Å²) in [6.45, 7) is 0. The molecule has 0 unspecified atom stereocenters. The molecule has 0 bridgehead atoms. The van der Waals surface area contributed by atoms with Gasteiger partial charge < -0.3 is 10.8 Å². The molecule has 0 aromatic heterocycles. The number of benzene rings is 1. The molecule has 0 spiro atoms. The first-order valence-corrected chi connectivity index (χ1v) is 4.23. The Morgan fingerprint density at radius 3 is 2.86 bits per heavy atom. The van der Waals surface area contributed by atoms with E-state index in [1.165, 1.54) is 0 Å². The lowest BCUT2D eigenvalue weighted by atomic mass is 10.2. The van der Waals surface area contributed by atoms with Gasteiger partial charge in [0.25, 0.3) is 0 Å². The highest BCUT2D eigenvalue weighted by molar-refractivity contribution is 6.33. The first-order valence-electron chi connectivity index (χ1n) is 3.85. The summed E-state index contributed by atoms with van der Waals surface area (Å²) in [4.78, 5) is 10.2. The first-order chi connectivity index (χ1) is 6.59. The van der Waals surface area contributed by atoms with Crippen LogP contribution in [0.3, 0.4) is 0 Å². The van der Waals surface area contributed by atoms with Crippen molar-refractivity contribution in [2.45, 2.75) is 6.42 Å². The quantitative estimate of drug-likeness (QED) is 0.547. The van der Waals surface area contributed by atoms with Gasteiger partial charge in [0, 0.05) is 5.56 Å². The lowest BCUT2D eigenvalue weighted by Gasteiger charge is -1.96. The second-order valence-corrected chi connectivity index (χ2v) is 3.02. The molecule has 1 aromatic rings. The molecule has 0 fully saturated rings. The van der Waals surface area contributed by atoms with Crippen molar-refractivity contribution in [1.29, 1.82) is 0 Å². The molecule has 0 aliphatic heterocycles. The molecular weight excluding hydrogens is 202 g/mol. The van der Waals surface area contributed by atoms with Crippen LogP contribution in [0.5, 0.6) is 0 Å². The van der Waals surface area contributed by atoms with E-state index in [1.807, 2.05) is 0 Å². The van der Waals surface area contributed by atoms with Crippen LogP contribution in [0.2, 0.25) is 5.02 Å². The third-order valence-corrected chi connectivity index (χ3v) is 1.80. The summed E-state index contributed by atoms with van der Waals surface area (Å²) in [5, 5.41) is 8.76. The minimum absolute atomic E-state index is 0.179. The summed E-state index contributed by atoms with van der Waals surface area (Å²) in [7, 11) is 0. The van der Waals surface area contributed by atoms with Crippen LogP contribution in [0.1, 0.15) is 12.0 Å². The van der Waals surface area contributed by atoms with Gasteiger partial charge in [0.15, 0.2) is 0 Å². The minimum Gasteiger partial charge on any atom is -0.481 e. The summed E-state index contributed by atoms with van der Waals surface area (Å²) in [6.07, 6.45) is -0.179. The smallest absolute Gasteiger partial charge is 0.315 e. The first kappa shape index (κ1) is 10.4. The number of carboxylic acids is 1. The Hall–Kier alpha value is -1.66. The second-order valence-electron chi connectivity index (χ2n) is 2.61. The average Bonchev–Trinajstić information content (AvgIpc) is 2.10. The predicted molar refractivity (Wildman–Crippen MR) is 55.0 cm³/mol. The number of halogens is 1. The molecule has 0 radical (unpaired) electrons. The zero-order valence-corrected chi connectivity index (χ0v) is 8.01. The standard InChI is InChI=1S/C10H8ClNO2/c11-8-6-7(4-5-9(8)12)2-1-3-10(13)14/h4-6H,3,12H2,(H,13,14). The molecule has 0 amide bonds. The van der Waals surface area contributed by atoms with E-state index in [-0.39, 0.29) is 6.42 Å². The Kier molecular flexibility index (Phi) is 3.38. The highest BCUT2D eigenvalue weighted by Crippen LogP contribution is 2.18. The van der Waals surface area contributed by atoms with Crippen molar-refractivity contribution in [3.8, 4) is 11.8 Å². The summed E-state index contributed by atoms with van der Waals surface area (Å²) in [5.41, 5.74) is 6.63. The Balaban J connectivity index is 2.81. The fourth-order valence-electron chi connectivity index (χ4n) is 0.827. The number of carboxylic acid groups (broad SMARTS) is 1. The van der Waals surface area contributed by atoms with Crippen LogP contribution in [0.15, 0.2) is 18.2 Å². The van der Waals surface area contributed by atoms with E-state index in [0.717, 1.165) is 0 Å². The molecule has 3 N–H and O–H groups in total. The number of rotatable bonds is 1. The lowest BCUT2D eigenvalue weighted by Crippen LogP contribution is -1.90. The molecule has 1 rings (SSSR count). The molecule has 4 heteroatoms. The topological polar surface area (TPSA) is 63.3 Å². The highest BCUT2D eigenvalue weighted by atomic mass is 35.5. The molecule has 0 aliphatic rings. The normalized spacial score (nSPS) is 8.93. The number of carbonyl (C=O) groups is 1. The molecule has 3 nitrogen and oxygen atoms in total. The van der Waals surface area contributed by atoms with Crippen molar-refractivity contribution in [3.63, 3.8) is 0 Å². The van der Waals surface area contributed by atoms with Crippen LogP contribution in [0.4, 0.5) is 5.69 Å². The molecule has 0 saturated carbocycles. The summed E-state index contributed by atoms with van der Waals surface area (Å²) in [5.74, 6) is 4.23. The number of anilines is 1. The Bertz CT molecular complexity index is 418. The molecule has 0 saturated heterocycles. The zero-order valence-electron chi connectivity index (χ0n) is 7.25. The molecule has 0 heterocycles. The maximum absolute atomic E-state index is 10.2. The molecular formula is C10H8ClNO2. The molecule has 1 aromatic carbocycles. The van der Waals surface area contributed by atoms with E-state index < -0.39 is 5.97 Å². The molecule has 14 heavy (non-hydrogen) atoms. The van der Waals surface area contributed by atoms with Gasteiger partial charge in [-0.1, -0.05) is 23.4 Å². The van der Waals surface area contributed by atoms with Gasteiger partial charge in [0.2, 0.25) is 0 Å². The fourth-order valence-corrected chi connectivity index (χ4v) is 1.01. The van der Waals surface area contributed by atoms with E-state index in [9.17, 15) is 4.79 Å². The van der Waals surface area contributed by atoms with Crippen molar-refractivity contribution >= 4 is 23.3 Å². The van der Waals surface area contributed by atoms with Gasteiger partial charge in [-0.2, -0.15) is 0 Å². The van der Waals surface area contributed by atoms with E-state index in [4.69, 9.17) is 22.4 Å². The number of nitrogen functional groups attached to an aromatic ring is 1. The predicted octanol–water partition coefficient (Wildman–Crippen LogP) is 1.75. The lowest BCUT2D eigenvalue weighted by molar-refractivity contribution is -0.135. The maximum Gasteiger partial charge on any atom is 0.315 e. The van der Waals surface area contributed by atoms with Gasteiger partial charge in [0.1, 0.15) is 6.42 Å². The molecule has 0 atom stereocenters. The van der Waals surface area contributed by atoms with Gasteiger partial charge in [-0.05, 0) is 18.2 Å². The Morgan fingerprint density at radius 2 is 2.29 bits per heavy atom. The monoisotopic (exact) mass is 209 g/mol. The summed E-state index contributed by atoms with van der Waals surface area (Å²) < 4.78 is 0. The SMILES string of the molecule is Nc1ccc(C#CCC(=O)O)cc1Cl. The summed E-state index contributed by atoms with van der Waals surface area (Å²) in [6, 6.07) is 4.93. The minimum atomic E-state index is -0.945. The van der Waals surface area contributed by atoms with Gasteiger partial charge in [-0.25, -0.2) is 0 Å². The average molecular weight is 210 g/mol. The third-order valence-electron chi connectivity index (χ3n) is 1.47. The van der Waals surface area contributed by atoms with Crippen LogP contribution < -0.4 is 5.73 Å². The summed E-state index contributed by atoms with van der Waals surface area (Å²) >= 11 is 5.75. The van der Waals surface area contributed by atoms with Crippen LogP contribution in [0.25, 0.3) is 0 Å². The zero-order chi connectivity index (χ0) is 10.6. The van der Waals surface area contributed by atoms with Crippen molar-refractivity contribution in [2.24, 2.45) is 0 Å². The van der Waals surface area contributed by atoms with Gasteiger partial charge in [0.05, 0.1) is 10.7 Å². The van der Waals surface area contributed by atoms with Crippen molar-refractivity contribution in [1.82, 2.24) is 0 Å². The number of hydrogen-bond donors (Lipinski definition) is 2. The van der Waals surface area contributed by atoms with Gasteiger partial charge in [-0.15, -0.1) is 0 Å². The van der Waals surface area contributed by atoms with Crippen molar-refractivity contribution < 1.29 is 9.90 Å². The van der Waals surface area contributed by atoms with E-state index in [2.05, 4.69) is 11.8 Å². The van der Waals surface area contributed by atoms with Gasteiger partial charge >= 0.3 is 5.97 Å². The van der Waals surface area contributed by atoms with Crippen LogP contribution in [-0.4, -0.2) is 11.1 Å². The third kappa shape index (κ3) is 3.00. The fraction of sp³-hybridized carbons (Fsp3) is 0.100. The largest absolute Gasteiger partial charge is 0.481 e. The van der Waals surface area contributed by atoms with E-state index >= 15 is 0 Å². The van der Waals surface area contributed by atoms with Gasteiger partial charge in [-0.3, -0.25) is 4.79 Å². The number of hydrogen-bond acceptors (Lipinski definition) is 2. The Labute approximate surface area is 86.5 Å². The van der Waals surface area contributed by atoms with Crippen molar-refractivity contribution in [2.75, 3.05) is 5.73 Å². The number of aliphatic carboxylic acids is 1. The highest BCUT2D eigenvalue weighted by Gasteiger charge is 1.95. The van der Waals surface area contributed by atoms with E-state index in [1.54, 1.807) is 18.2 Å². The Morgan fingerprint density at radius 1 is 1.57 bits per heavy atom. The van der Waals surface area contributed by atoms with E-state index in [0.29, 0.717) is 16.3 Å². The second kappa shape index (κ2) is 4.54. The van der Waals surface area contributed by atoms with Crippen LogP contribution >= 0.6 is 11.6 Å². The number of nitrogens with two attached hydrogens (primary N) is 1. The molecule has 0 aliphatic carbocycles. The van der Waals surface area contributed by atoms with Crippen LogP contribution in [0, 0.1) is 11.8 Å².